The van der Waals surface area contributed by atoms with Gasteiger partial charge in [0, 0.05) is 38.3 Å². The normalized spacial score (nSPS) is 17.6. The van der Waals surface area contributed by atoms with Crippen molar-refractivity contribution in [2.45, 2.75) is 12.8 Å². The van der Waals surface area contributed by atoms with E-state index in [1.165, 1.54) is 0 Å². The third-order valence-corrected chi connectivity index (χ3v) is 4.26. The maximum absolute atomic E-state index is 12.5. The van der Waals surface area contributed by atoms with Gasteiger partial charge in [-0.2, -0.15) is 0 Å². The van der Waals surface area contributed by atoms with Gasteiger partial charge in [0.05, 0.1) is 20.0 Å². The van der Waals surface area contributed by atoms with Gasteiger partial charge in [-0.15, -0.1) is 0 Å². The van der Waals surface area contributed by atoms with Crippen molar-refractivity contribution in [3.63, 3.8) is 0 Å². The average Bonchev–Trinajstić information content (AvgIpc) is 3.06. The highest BCUT2D eigenvalue weighted by Gasteiger charge is 2.26. The number of amides is 1. The van der Waals surface area contributed by atoms with Crippen LogP contribution < -0.4 is 9.47 Å². The summed E-state index contributed by atoms with van der Waals surface area (Å²) in [4.78, 5) is 18.5. The summed E-state index contributed by atoms with van der Waals surface area (Å²) < 4.78 is 12.9. The Labute approximate surface area is 142 Å². The molecular formula is C18H23N3O3. The Morgan fingerprint density at radius 3 is 2.96 bits per heavy atom. The van der Waals surface area contributed by atoms with Crippen LogP contribution >= 0.6 is 0 Å². The predicted octanol–water partition coefficient (Wildman–Crippen LogP) is 2.36. The summed E-state index contributed by atoms with van der Waals surface area (Å²) >= 11 is 0. The summed E-state index contributed by atoms with van der Waals surface area (Å²) in [5.41, 5.74) is 0.506. The van der Waals surface area contributed by atoms with Crippen molar-refractivity contribution in [1.29, 1.82) is 0 Å². The second-order valence-corrected chi connectivity index (χ2v) is 6.17. The molecule has 0 spiro atoms. The molecule has 1 aromatic heterocycles. The Morgan fingerprint density at radius 2 is 2.21 bits per heavy atom. The first-order valence-electron chi connectivity index (χ1n) is 8.20. The number of imidazole rings is 1. The van der Waals surface area contributed by atoms with Crippen LogP contribution in [0.1, 0.15) is 23.3 Å². The van der Waals surface area contributed by atoms with E-state index in [2.05, 4.69) is 4.98 Å². The van der Waals surface area contributed by atoms with Crippen LogP contribution in [0.25, 0.3) is 0 Å². The molecule has 24 heavy (non-hydrogen) atoms. The largest absolute Gasteiger partial charge is 0.497 e. The number of benzene rings is 1. The van der Waals surface area contributed by atoms with Gasteiger partial charge in [-0.05, 0) is 25.0 Å². The number of carbonyl (C=O) groups excluding carboxylic acids is 1. The predicted molar refractivity (Wildman–Crippen MR) is 90.3 cm³/mol. The first-order chi connectivity index (χ1) is 11.7. The van der Waals surface area contributed by atoms with E-state index in [-0.39, 0.29) is 5.91 Å². The number of rotatable bonds is 5. The molecule has 1 aliphatic heterocycles. The third-order valence-electron chi connectivity index (χ3n) is 4.26. The van der Waals surface area contributed by atoms with Crippen LogP contribution in [0.4, 0.5) is 0 Å². The van der Waals surface area contributed by atoms with Crippen LogP contribution in [0, 0.1) is 5.92 Å². The number of nitrogens with zero attached hydrogens (tertiary/aromatic N) is 3. The number of aryl methyl sites for hydroxylation is 1. The highest BCUT2D eigenvalue weighted by Crippen LogP contribution is 2.22. The second-order valence-electron chi connectivity index (χ2n) is 6.17. The lowest BCUT2D eigenvalue weighted by Crippen LogP contribution is -2.41. The number of likely N-dealkylation sites (tertiary alicyclic amines) is 1. The molecular weight excluding hydrogens is 306 g/mol. The van der Waals surface area contributed by atoms with Gasteiger partial charge in [-0.25, -0.2) is 4.98 Å². The van der Waals surface area contributed by atoms with Gasteiger partial charge in [0.25, 0.3) is 5.91 Å². The molecule has 0 aliphatic carbocycles. The molecule has 1 unspecified atom stereocenters. The fourth-order valence-electron chi connectivity index (χ4n) is 2.98. The van der Waals surface area contributed by atoms with Crippen molar-refractivity contribution in [3.05, 3.63) is 42.5 Å². The van der Waals surface area contributed by atoms with Gasteiger partial charge in [0.1, 0.15) is 17.2 Å². The summed E-state index contributed by atoms with van der Waals surface area (Å²) in [6, 6.07) is 7.59. The topological polar surface area (TPSA) is 56.6 Å². The van der Waals surface area contributed by atoms with Crippen LogP contribution in [0.3, 0.4) is 0 Å². The molecule has 6 nitrogen and oxygen atoms in total. The van der Waals surface area contributed by atoms with Gasteiger partial charge < -0.3 is 18.9 Å². The standard InChI is InChI=1S/C18H23N3O3/c1-20-11-17(19-13-20)18(22)21-8-4-5-14(10-21)12-24-16-7-3-6-15(9-16)23-2/h3,6-7,9,11,13-14H,4-5,8,10,12H2,1-2H3. The molecule has 3 rings (SSSR count). The third kappa shape index (κ3) is 3.88. The molecule has 0 radical (unpaired) electrons. The molecule has 1 atom stereocenters. The number of piperidine rings is 1. The number of aromatic nitrogens is 2. The molecule has 2 aromatic rings. The second kappa shape index (κ2) is 7.38. The van der Waals surface area contributed by atoms with Gasteiger partial charge in [-0.1, -0.05) is 6.07 Å². The van der Waals surface area contributed by atoms with Crippen LogP contribution in [0.5, 0.6) is 11.5 Å². The van der Waals surface area contributed by atoms with Crippen molar-refractivity contribution in [1.82, 2.24) is 14.5 Å². The lowest BCUT2D eigenvalue weighted by atomic mass is 9.98. The SMILES string of the molecule is COc1cccc(OCC2CCCN(C(=O)c3cn(C)cn3)C2)c1. The van der Waals surface area contributed by atoms with Crippen LogP contribution in [-0.4, -0.2) is 47.2 Å². The van der Waals surface area contributed by atoms with E-state index in [4.69, 9.17) is 9.47 Å². The van der Waals surface area contributed by atoms with E-state index < -0.39 is 0 Å². The van der Waals surface area contributed by atoms with Crippen LogP contribution in [-0.2, 0) is 7.05 Å². The Balaban J connectivity index is 1.56. The Morgan fingerprint density at radius 1 is 1.38 bits per heavy atom. The smallest absolute Gasteiger partial charge is 0.274 e. The van der Waals surface area contributed by atoms with E-state index in [9.17, 15) is 4.79 Å². The molecule has 0 saturated carbocycles. The first-order valence-corrected chi connectivity index (χ1v) is 8.20. The van der Waals surface area contributed by atoms with Crippen molar-refractivity contribution in [2.24, 2.45) is 13.0 Å². The summed E-state index contributed by atoms with van der Waals surface area (Å²) in [7, 11) is 3.51. The van der Waals surface area contributed by atoms with E-state index in [0.717, 1.165) is 30.9 Å². The highest BCUT2D eigenvalue weighted by molar-refractivity contribution is 5.92. The summed E-state index contributed by atoms with van der Waals surface area (Å²) in [5.74, 6) is 1.91. The van der Waals surface area contributed by atoms with Crippen molar-refractivity contribution in [3.8, 4) is 11.5 Å². The maximum atomic E-state index is 12.5. The van der Waals surface area contributed by atoms with Gasteiger partial charge in [-0.3, -0.25) is 4.79 Å². The average molecular weight is 329 g/mol. The van der Waals surface area contributed by atoms with E-state index in [0.29, 0.717) is 24.8 Å². The molecule has 6 heteroatoms. The minimum atomic E-state index is 0.00156. The van der Waals surface area contributed by atoms with Gasteiger partial charge >= 0.3 is 0 Å². The lowest BCUT2D eigenvalue weighted by Gasteiger charge is -2.32. The Kier molecular flexibility index (Phi) is 5.03. The molecule has 1 saturated heterocycles. The van der Waals surface area contributed by atoms with Crippen molar-refractivity contribution >= 4 is 5.91 Å². The van der Waals surface area contributed by atoms with Crippen molar-refractivity contribution in [2.75, 3.05) is 26.8 Å². The number of carbonyl (C=O) groups is 1. The zero-order valence-electron chi connectivity index (χ0n) is 14.1. The number of hydrogen-bond donors (Lipinski definition) is 0. The first kappa shape index (κ1) is 16.4. The van der Waals surface area contributed by atoms with Crippen LogP contribution in [0.2, 0.25) is 0 Å². The van der Waals surface area contributed by atoms with E-state index in [1.807, 2.05) is 36.2 Å². The van der Waals surface area contributed by atoms with Crippen LogP contribution in [0.15, 0.2) is 36.8 Å². The van der Waals surface area contributed by atoms with Gasteiger partial charge in [0.2, 0.25) is 0 Å². The fraction of sp³-hybridized carbons (Fsp3) is 0.444. The molecule has 1 aromatic carbocycles. The maximum Gasteiger partial charge on any atom is 0.274 e. The Bertz CT molecular complexity index is 698. The summed E-state index contributed by atoms with van der Waals surface area (Å²) in [5, 5.41) is 0. The molecule has 128 valence electrons. The molecule has 1 amide bonds. The molecule has 1 aliphatic rings. The zero-order valence-corrected chi connectivity index (χ0v) is 14.1. The summed E-state index contributed by atoms with van der Waals surface area (Å²) in [6.07, 6.45) is 5.47. The quantitative estimate of drug-likeness (QED) is 0.845. The molecule has 0 bridgehead atoms. The molecule has 1 fully saturated rings. The zero-order chi connectivity index (χ0) is 16.9. The number of hydrogen-bond acceptors (Lipinski definition) is 4. The van der Waals surface area contributed by atoms with E-state index in [1.54, 1.807) is 24.2 Å². The monoisotopic (exact) mass is 329 g/mol. The highest BCUT2D eigenvalue weighted by atomic mass is 16.5. The van der Waals surface area contributed by atoms with Crippen molar-refractivity contribution < 1.29 is 14.3 Å². The number of ether oxygens (including phenoxy) is 2. The Hall–Kier alpha value is -2.50. The minimum absolute atomic E-state index is 0.00156. The summed E-state index contributed by atoms with van der Waals surface area (Å²) in [6.45, 7) is 2.09. The van der Waals surface area contributed by atoms with E-state index >= 15 is 0 Å². The molecule has 0 N–H and O–H groups in total. The lowest BCUT2D eigenvalue weighted by molar-refractivity contribution is 0.0628. The number of methoxy groups -OCH3 is 1. The van der Waals surface area contributed by atoms with Gasteiger partial charge in [0.15, 0.2) is 0 Å². The minimum Gasteiger partial charge on any atom is -0.497 e. The molecule has 2 heterocycles. The fourth-order valence-corrected chi connectivity index (χ4v) is 2.98.